The summed E-state index contributed by atoms with van der Waals surface area (Å²) in [5, 5.41) is 9.40. The van der Waals surface area contributed by atoms with E-state index in [4.69, 9.17) is 4.74 Å². The monoisotopic (exact) mass is 164 g/mol. The van der Waals surface area contributed by atoms with E-state index in [9.17, 15) is 5.11 Å². The van der Waals surface area contributed by atoms with Gasteiger partial charge < -0.3 is 9.84 Å². The fraction of sp³-hybridized carbons (Fsp3) is 0.400. The summed E-state index contributed by atoms with van der Waals surface area (Å²) >= 11 is 0. The number of fused-ring (bicyclic) bond motifs is 1. The van der Waals surface area contributed by atoms with Crippen molar-refractivity contribution in [1.29, 1.82) is 0 Å². The van der Waals surface area contributed by atoms with Crippen molar-refractivity contribution in [3.05, 3.63) is 23.3 Å². The van der Waals surface area contributed by atoms with Crippen molar-refractivity contribution in [3.63, 3.8) is 0 Å². The number of phenols is 1. The van der Waals surface area contributed by atoms with Gasteiger partial charge in [-0.1, -0.05) is 0 Å². The van der Waals surface area contributed by atoms with Crippen LogP contribution in [0.15, 0.2) is 12.1 Å². The van der Waals surface area contributed by atoms with Crippen LogP contribution in [0.2, 0.25) is 0 Å². The maximum absolute atomic E-state index is 9.40. The van der Waals surface area contributed by atoms with E-state index in [0.29, 0.717) is 5.75 Å². The average molecular weight is 164 g/mol. The molecule has 0 unspecified atom stereocenters. The van der Waals surface area contributed by atoms with E-state index >= 15 is 0 Å². The summed E-state index contributed by atoms with van der Waals surface area (Å²) in [5.74, 6) is 1.18. The second kappa shape index (κ2) is 2.70. The molecule has 1 aromatic rings. The highest BCUT2D eigenvalue weighted by Crippen LogP contribution is 2.31. The first-order chi connectivity index (χ1) is 5.77. The molecular weight excluding hydrogens is 152 g/mol. The minimum absolute atomic E-state index is 0.329. The molecule has 1 aliphatic heterocycles. The van der Waals surface area contributed by atoms with Crippen LogP contribution in [0.3, 0.4) is 0 Å². The van der Waals surface area contributed by atoms with Gasteiger partial charge in [-0.3, -0.25) is 0 Å². The van der Waals surface area contributed by atoms with Crippen molar-refractivity contribution in [2.45, 2.75) is 19.8 Å². The van der Waals surface area contributed by atoms with Crippen LogP contribution in [0.4, 0.5) is 0 Å². The van der Waals surface area contributed by atoms with Crippen LogP contribution in [0.25, 0.3) is 0 Å². The molecule has 0 fully saturated rings. The molecule has 1 aliphatic rings. The van der Waals surface area contributed by atoms with E-state index in [2.05, 4.69) is 0 Å². The summed E-state index contributed by atoms with van der Waals surface area (Å²) in [7, 11) is 0. The van der Waals surface area contributed by atoms with Gasteiger partial charge in [-0.05, 0) is 37.0 Å². The molecule has 2 nitrogen and oxygen atoms in total. The highest BCUT2D eigenvalue weighted by molar-refractivity contribution is 5.45. The van der Waals surface area contributed by atoms with E-state index < -0.39 is 0 Å². The number of benzene rings is 1. The van der Waals surface area contributed by atoms with E-state index in [1.807, 2.05) is 13.0 Å². The Hall–Kier alpha value is -1.18. The number of aryl methyl sites for hydroxylation is 2. The average Bonchev–Trinajstić information content (AvgIpc) is 2.07. The molecule has 1 heterocycles. The molecular formula is C10H12O2. The summed E-state index contributed by atoms with van der Waals surface area (Å²) < 4.78 is 5.40. The second-order valence-corrected chi connectivity index (χ2v) is 3.20. The molecule has 0 spiro atoms. The number of aromatic hydroxyl groups is 1. The number of rotatable bonds is 0. The Labute approximate surface area is 71.8 Å². The van der Waals surface area contributed by atoms with Gasteiger partial charge in [0, 0.05) is 6.07 Å². The van der Waals surface area contributed by atoms with Gasteiger partial charge in [-0.25, -0.2) is 0 Å². The fourth-order valence-corrected chi connectivity index (χ4v) is 1.51. The first-order valence-electron chi connectivity index (χ1n) is 4.22. The molecule has 12 heavy (non-hydrogen) atoms. The Morgan fingerprint density at radius 1 is 1.42 bits per heavy atom. The molecule has 0 amide bonds. The van der Waals surface area contributed by atoms with Crippen LogP contribution < -0.4 is 4.74 Å². The van der Waals surface area contributed by atoms with E-state index in [1.54, 1.807) is 6.07 Å². The lowest BCUT2D eigenvalue weighted by Crippen LogP contribution is -2.08. The zero-order valence-corrected chi connectivity index (χ0v) is 7.13. The third kappa shape index (κ3) is 1.13. The number of hydrogen-bond acceptors (Lipinski definition) is 2. The molecule has 1 aromatic carbocycles. The van der Waals surface area contributed by atoms with Gasteiger partial charge in [0.15, 0.2) is 0 Å². The van der Waals surface area contributed by atoms with E-state index in [-0.39, 0.29) is 0 Å². The molecule has 0 bridgehead atoms. The summed E-state index contributed by atoms with van der Waals surface area (Å²) in [6.07, 6.45) is 2.15. The number of ether oxygens (including phenoxy) is 1. The SMILES string of the molecule is Cc1cc2c(cc1O)OCCC2. The predicted octanol–water partition coefficient (Wildman–Crippen LogP) is 2.03. The molecule has 0 aliphatic carbocycles. The van der Waals surface area contributed by atoms with Gasteiger partial charge in [0.1, 0.15) is 11.5 Å². The summed E-state index contributed by atoms with van der Waals surface area (Å²) in [6.45, 7) is 2.68. The highest BCUT2D eigenvalue weighted by Gasteiger charge is 2.11. The molecule has 1 N–H and O–H groups in total. The maximum atomic E-state index is 9.40. The van der Waals surface area contributed by atoms with Gasteiger partial charge in [-0.2, -0.15) is 0 Å². The summed E-state index contributed by atoms with van der Waals surface area (Å²) in [6, 6.07) is 3.72. The molecule has 0 atom stereocenters. The first-order valence-corrected chi connectivity index (χ1v) is 4.22. The van der Waals surface area contributed by atoms with Crippen molar-refractivity contribution >= 4 is 0 Å². The Morgan fingerprint density at radius 2 is 2.25 bits per heavy atom. The lowest BCUT2D eigenvalue weighted by Gasteiger charge is -2.17. The lowest BCUT2D eigenvalue weighted by atomic mass is 10.0. The maximum Gasteiger partial charge on any atom is 0.126 e. The molecule has 0 radical (unpaired) electrons. The zero-order chi connectivity index (χ0) is 8.55. The smallest absolute Gasteiger partial charge is 0.126 e. The summed E-state index contributed by atoms with van der Waals surface area (Å²) in [4.78, 5) is 0. The third-order valence-corrected chi connectivity index (χ3v) is 2.23. The molecule has 2 heteroatoms. The van der Waals surface area contributed by atoms with Crippen LogP contribution >= 0.6 is 0 Å². The van der Waals surface area contributed by atoms with Gasteiger partial charge in [0.25, 0.3) is 0 Å². The van der Waals surface area contributed by atoms with Crippen molar-refractivity contribution < 1.29 is 9.84 Å². The Morgan fingerprint density at radius 3 is 3.08 bits per heavy atom. The topological polar surface area (TPSA) is 29.5 Å². The zero-order valence-electron chi connectivity index (χ0n) is 7.13. The lowest BCUT2D eigenvalue weighted by molar-refractivity contribution is 0.286. The van der Waals surface area contributed by atoms with E-state index in [0.717, 1.165) is 30.8 Å². The third-order valence-electron chi connectivity index (χ3n) is 2.23. The molecule has 0 aromatic heterocycles. The first kappa shape index (κ1) is 7.47. The molecule has 64 valence electrons. The van der Waals surface area contributed by atoms with Gasteiger partial charge >= 0.3 is 0 Å². The van der Waals surface area contributed by atoms with Crippen LogP contribution in [-0.2, 0) is 6.42 Å². The highest BCUT2D eigenvalue weighted by atomic mass is 16.5. The normalized spacial score (nSPS) is 15.1. The van der Waals surface area contributed by atoms with Gasteiger partial charge in [-0.15, -0.1) is 0 Å². The second-order valence-electron chi connectivity index (χ2n) is 3.20. The van der Waals surface area contributed by atoms with Crippen molar-refractivity contribution in [3.8, 4) is 11.5 Å². The predicted molar refractivity (Wildman–Crippen MR) is 46.7 cm³/mol. The quantitative estimate of drug-likeness (QED) is 0.635. The number of hydrogen-bond donors (Lipinski definition) is 1. The summed E-state index contributed by atoms with van der Waals surface area (Å²) in [5.41, 5.74) is 2.15. The molecule has 0 saturated carbocycles. The number of phenolic OH excluding ortho intramolecular Hbond substituents is 1. The van der Waals surface area contributed by atoms with Crippen molar-refractivity contribution in [2.75, 3.05) is 6.61 Å². The van der Waals surface area contributed by atoms with Crippen molar-refractivity contribution in [1.82, 2.24) is 0 Å². The van der Waals surface area contributed by atoms with Crippen LogP contribution in [0.1, 0.15) is 17.5 Å². The minimum atomic E-state index is 0.329. The van der Waals surface area contributed by atoms with Gasteiger partial charge in [0.2, 0.25) is 0 Å². The Bertz CT molecular complexity index is 274. The Kier molecular flexibility index (Phi) is 1.68. The fourth-order valence-electron chi connectivity index (χ4n) is 1.51. The van der Waals surface area contributed by atoms with Crippen LogP contribution in [-0.4, -0.2) is 11.7 Å². The van der Waals surface area contributed by atoms with E-state index in [1.165, 1.54) is 5.56 Å². The van der Waals surface area contributed by atoms with Crippen LogP contribution in [0.5, 0.6) is 11.5 Å². The Balaban J connectivity index is 2.49. The molecule has 0 saturated heterocycles. The van der Waals surface area contributed by atoms with Crippen LogP contribution in [0, 0.1) is 6.92 Å². The molecule has 2 rings (SSSR count). The minimum Gasteiger partial charge on any atom is -0.508 e. The van der Waals surface area contributed by atoms with Crippen molar-refractivity contribution in [2.24, 2.45) is 0 Å². The standard InChI is InChI=1S/C10H12O2/c1-7-5-8-3-2-4-12-10(8)6-9(7)11/h5-6,11H,2-4H2,1H3. The van der Waals surface area contributed by atoms with Gasteiger partial charge in [0.05, 0.1) is 6.61 Å². The largest absolute Gasteiger partial charge is 0.508 e.